The summed E-state index contributed by atoms with van der Waals surface area (Å²) in [5.74, 6) is 1.14. The van der Waals surface area contributed by atoms with Crippen molar-refractivity contribution in [1.29, 1.82) is 0 Å². The Kier molecular flexibility index (Phi) is 4.10. The average Bonchev–Trinajstić information content (AvgIpc) is 3.28. The largest absolute Gasteiger partial charge is 0.384 e. The lowest BCUT2D eigenvalue weighted by Crippen LogP contribution is -2.36. The van der Waals surface area contributed by atoms with E-state index in [1.807, 2.05) is 18.5 Å². The molecule has 0 radical (unpaired) electrons. The summed E-state index contributed by atoms with van der Waals surface area (Å²) in [6.07, 6.45) is 6.41. The van der Waals surface area contributed by atoms with Crippen LogP contribution in [-0.2, 0) is 24.4 Å². The Hall–Kier alpha value is -1.79. The van der Waals surface area contributed by atoms with Crippen molar-refractivity contribution in [3.63, 3.8) is 0 Å². The molecule has 4 rings (SSSR count). The molecule has 0 N–H and O–H groups in total. The molecule has 3 heterocycles. The number of nitrogens with zero attached hydrogens (tertiary/aromatic N) is 5. The molecule has 23 heavy (non-hydrogen) atoms. The Morgan fingerprint density at radius 2 is 2.26 bits per heavy atom. The van der Waals surface area contributed by atoms with E-state index in [4.69, 9.17) is 4.74 Å². The fourth-order valence-electron chi connectivity index (χ4n) is 3.47. The van der Waals surface area contributed by atoms with Gasteiger partial charge in [0, 0.05) is 51.6 Å². The van der Waals surface area contributed by atoms with E-state index in [9.17, 15) is 0 Å². The molecule has 6 heteroatoms. The second-order valence-electron chi connectivity index (χ2n) is 6.73. The number of ether oxygens (including phenoxy) is 1. The van der Waals surface area contributed by atoms with Crippen LogP contribution in [0.1, 0.15) is 35.7 Å². The number of aromatic nitrogens is 4. The van der Waals surface area contributed by atoms with Gasteiger partial charge < -0.3 is 4.74 Å². The van der Waals surface area contributed by atoms with Crippen LogP contribution in [-0.4, -0.2) is 45.1 Å². The lowest BCUT2D eigenvalue weighted by molar-refractivity contribution is 0.131. The highest BCUT2D eigenvalue weighted by atomic mass is 16.5. The third-order valence-corrected chi connectivity index (χ3v) is 4.71. The molecule has 0 amide bonds. The lowest BCUT2D eigenvalue weighted by atomic mass is 9.98. The zero-order valence-corrected chi connectivity index (χ0v) is 13.6. The van der Waals surface area contributed by atoms with Gasteiger partial charge in [0.2, 0.25) is 0 Å². The third-order valence-electron chi connectivity index (χ3n) is 4.71. The first kappa shape index (κ1) is 14.8. The lowest BCUT2D eigenvalue weighted by Gasteiger charge is -2.32. The summed E-state index contributed by atoms with van der Waals surface area (Å²) in [6, 6.07) is 4.11. The highest BCUT2D eigenvalue weighted by molar-refractivity contribution is 5.21. The molecule has 2 aromatic heterocycles. The molecule has 6 nitrogen and oxygen atoms in total. The molecule has 2 aliphatic rings. The van der Waals surface area contributed by atoms with E-state index in [1.165, 1.54) is 24.1 Å². The van der Waals surface area contributed by atoms with E-state index in [0.717, 1.165) is 37.8 Å². The second kappa shape index (κ2) is 6.37. The van der Waals surface area contributed by atoms with Crippen molar-refractivity contribution in [1.82, 2.24) is 24.9 Å². The van der Waals surface area contributed by atoms with Crippen molar-refractivity contribution in [2.75, 3.05) is 20.3 Å². The van der Waals surface area contributed by atoms with E-state index in [0.29, 0.717) is 12.5 Å². The molecular weight excluding hydrogens is 290 g/mol. The Morgan fingerprint density at radius 3 is 3.00 bits per heavy atom. The van der Waals surface area contributed by atoms with Gasteiger partial charge >= 0.3 is 0 Å². The third kappa shape index (κ3) is 3.28. The number of hydrogen-bond acceptors (Lipinski definition) is 5. The maximum Gasteiger partial charge on any atom is 0.100 e. The highest BCUT2D eigenvalue weighted by Crippen LogP contribution is 2.34. The van der Waals surface area contributed by atoms with Gasteiger partial charge in [-0.3, -0.25) is 9.88 Å². The molecule has 0 saturated heterocycles. The predicted molar refractivity (Wildman–Crippen MR) is 85.7 cm³/mol. The van der Waals surface area contributed by atoms with Crippen molar-refractivity contribution in [2.45, 2.75) is 38.4 Å². The van der Waals surface area contributed by atoms with Crippen LogP contribution in [0.4, 0.5) is 0 Å². The quantitative estimate of drug-likeness (QED) is 0.814. The van der Waals surface area contributed by atoms with Gasteiger partial charge in [-0.15, -0.1) is 5.10 Å². The van der Waals surface area contributed by atoms with Gasteiger partial charge in [0.05, 0.1) is 12.3 Å². The first-order valence-electron chi connectivity index (χ1n) is 8.36. The van der Waals surface area contributed by atoms with Gasteiger partial charge in [0.15, 0.2) is 0 Å². The van der Waals surface area contributed by atoms with Crippen molar-refractivity contribution < 1.29 is 4.74 Å². The maximum atomic E-state index is 5.47. The molecular formula is C17H23N5O. The predicted octanol–water partition coefficient (Wildman–Crippen LogP) is 1.83. The summed E-state index contributed by atoms with van der Waals surface area (Å²) in [6.45, 7) is 4.46. The molecule has 0 aromatic carbocycles. The first-order valence-corrected chi connectivity index (χ1v) is 8.36. The van der Waals surface area contributed by atoms with E-state index >= 15 is 0 Å². The summed E-state index contributed by atoms with van der Waals surface area (Å²) in [5, 5.41) is 8.89. The molecule has 0 unspecified atom stereocenters. The molecule has 1 atom stereocenters. The van der Waals surface area contributed by atoms with Gasteiger partial charge in [0.25, 0.3) is 0 Å². The van der Waals surface area contributed by atoms with Gasteiger partial charge in [-0.1, -0.05) is 11.3 Å². The molecule has 0 spiro atoms. The van der Waals surface area contributed by atoms with Crippen molar-refractivity contribution in [3.8, 4) is 0 Å². The molecule has 1 aliphatic heterocycles. The minimum atomic E-state index is 0.342. The highest BCUT2D eigenvalue weighted by Gasteiger charge is 2.32. The van der Waals surface area contributed by atoms with E-state index in [-0.39, 0.29) is 0 Å². The van der Waals surface area contributed by atoms with Crippen LogP contribution < -0.4 is 0 Å². The average molecular weight is 313 g/mol. The molecule has 0 bridgehead atoms. The summed E-state index contributed by atoms with van der Waals surface area (Å²) in [5.41, 5.74) is 3.64. The van der Waals surface area contributed by atoms with Crippen molar-refractivity contribution in [3.05, 3.63) is 41.5 Å². The number of hydrogen-bond donors (Lipinski definition) is 0. The van der Waals surface area contributed by atoms with Gasteiger partial charge in [-0.25, -0.2) is 4.68 Å². The minimum Gasteiger partial charge on any atom is -0.384 e. The molecule has 122 valence electrons. The number of methoxy groups -OCH3 is 1. The minimum absolute atomic E-state index is 0.342. The summed E-state index contributed by atoms with van der Waals surface area (Å²) < 4.78 is 7.61. The van der Waals surface area contributed by atoms with Crippen LogP contribution in [0.5, 0.6) is 0 Å². The Labute approximate surface area is 136 Å². The van der Waals surface area contributed by atoms with Crippen LogP contribution >= 0.6 is 0 Å². The topological polar surface area (TPSA) is 56.1 Å². The summed E-state index contributed by atoms with van der Waals surface area (Å²) >= 11 is 0. The fourth-order valence-corrected chi connectivity index (χ4v) is 3.47. The zero-order valence-electron chi connectivity index (χ0n) is 13.6. The SMILES string of the molecule is COC[C@H]1CN(Cc2cccnc2)Cc2nnn(CC3CC3)c21. The first-order chi connectivity index (χ1) is 11.3. The number of pyridine rings is 1. The van der Waals surface area contributed by atoms with Crippen molar-refractivity contribution in [2.24, 2.45) is 5.92 Å². The van der Waals surface area contributed by atoms with Gasteiger partial charge in [-0.05, 0) is 30.4 Å². The molecule has 1 fully saturated rings. The maximum absolute atomic E-state index is 5.47. The summed E-state index contributed by atoms with van der Waals surface area (Å²) in [4.78, 5) is 6.63. The summed E-state index contributed by atoms with van der Waals surface area (Å²) in [7, 11) is 1.77. The van der Waals surface area contributed by atoms with Crippen LogP contribution in [0.2, 0.25) is 0 Å². The fraction of sp³-hybridized carbons (Fsp3) is 0.588. The van der Waals surface area contributed by atoms with Crippen LogP contribution in [0.25, 0.3) is 0 Å². The van der Waals surface area contributed by atoms with Crippen LogP contribution in [0.15, 0.2) is 24.5 Å². The van der Waals surface area contributed by atoms with E-state index in [2.05, 4.69) is 30.9 Å². The van der Waals surface area contributed by atoms with E-state index in [1.54, 1.807) is 7.11 Å². The smallest absolute Gasteiger partial charge is 0.100 e. The van der Waals surface area contributed by atoms with E-state index < -0.39 is 0 Å². The standard InChI is InChI=1S/C17H23N5O/c1-23-12-15-10-21(8-14-3-2-6-18-7-14)11-16-17(15)22(20-19-16)9-13-4-5-13/h2-3,6-7,13,15H,4-5,8-12H2,1H3/t15-/m1/s1. The van der Waals surface area contributed by atoms with Crippen LogP contribution in [0, 0.1) is 5.92 Å². The zero-order chi connectivity index (χ0) is 15.6. The Morgan fingerprint density at radius 1 is 1.35 bits per heavy atom. The second-order valence-corrected chi connectivity index (χ2v) is 6.73. The molecule has 1 saturated carbocycles. The number of fused-ring (bicyclic) bond motifs is 1. The normalized spacial score (nSPS) is 21.3. The van der Waals surface area contributed by atoms with Gasteiger partial charge in [0.1, 0.15) is 5.69 Å². The Bertz CT molecular complexity index is 652. The Balaban J connectivity index is 1.54. The van der Waals surface area contributed by atoms with Crippen molar-refractivity contribution >= 4 is 0 Å². The molecule has 2 aromatic rings. The van der Waals surface area contributed by atoms with Gasteiger partial charge in [-0.2, -0.15) is 0 Å². The molecule has 1 aliphatic carbocycles. The van der Waals surface area contributed by atoms with Crippen LogP contribution in [0.3, 0.4) is 0 Å². The number of rotatable bonds is 6. The monoisotopic (exact) mass is 313 g/mol.